The molecule has 2 aromatic heterocycles. The Morgan fingerprint density at radius 1 is 1.22 bits per heavy atom. The van der Waals surface area contributed by atoms with Crippen LogP contribution < -0.4 is 10.6 Å². The van der Waals surface area contributed by atoms with E-state index >= 15 is 0 Å². The average molecular weight is 311 g/mol. The molecule has 1 aliphatic heterocycles. The summed E-state index contributed by atoms with van der Waals surface area (Å²) in [6, 6.07) is 6.28. The molecule has 1 fully saturated rings. The Bertz CT molecular complexity index is 664. The Hall–Kier alpha value is -2.01. The molecule has 0 amide bonds. The molecule has 0 spiro atoms. The van der Waals surface area contributed by atoms with Gasteiger partial charge in [0.1, 0.15) is 11.6 Å². The van der Waals surface area contributed by atoms with Crippen molar-refractivity contribution in [3.8, 4) is 0 Å². The lowest BCUT2D eigenvalue weighted by Crippen LogP contribution is -2.27. The fourth-order valence-electron chi connectivity index (χ4n) is 3.23. The summed E-state index contributed by atoms with van der Waals surface area (Å²) in [5, 5.41) is 6.90. The van der Waals surface area contributed by atoms with Crippen LogP contribution >= 0.6 is 0 Å². The third-order valence-corrected chi connectivity index (χ3v) is 4.44. The summed E-state index contributed by atoms with van der Waals surface area (Å²) in [7, 11) is 0. The zero-order chi connectivity index (χ0) is 16.2. The van der Waals surface area contributed by atoms with E-state index in [0.29, 0.717) is 5.92 Å². The molecule has 3 heterocycles. The Kier molecular flexibility index (Phi) is 4.86. The van der Waals surface area contributed by atoms with Gasteiger partial charge >= 0.3 is 0 Å². The standard InChI is InChI=1S/C18H25N5/c1-12-5-4-8-20-18(12)13(2)21-17-11-16(22-14(3)23-17)15-6-9-19-10-7-15/h4-5,8,11,13,15,19H,6-7,9-10H2,1-3H3,(H,21,22,23). The summed E-state index contributed by atoms with van der Waals surface area (Å²) < 4.78 is 0. The quantitative estimate of drug-likeness (QED) is 0.908. The smallest absolute Gasteiger partial charge is 0.130 e. The van der Waals surface area contributed by atoms with Crippen LogP contribution in [0.5, 0.6) is 0 Å². The second kappa shape index (κ2) is 7.04. The van der Waals surface area contributed by atoms with Crippen molar-refractivity contribution >= 4 is 5.82 Å². The average Bonchev–Trinajstić information content (AvgIpc) is 2.55. The molecule has 1 atom stereocenters. The molecular formula is C18H25N5. The topological polar surface area (TPSA) is 62.7 Å². The molecule has 0 radical (unpaired) electrons. The van der Waals surface area contributed by atoms with E-state index < -0.39 is 0 Å². The van der Waals surface area contributed by atoms with Crippen molar-refractivity contribution in [3.63, 3.8) is 0 Å². The van der Waals surface area contributed by atoms with Crippen molar-refractivity contribution in [1.82, 2.24) is 20.3 Å². The van der Waals surface area contributed by atoms with Crippen LogP contribution in [0.15, 0.2) is 24.4 Å². The van der Waals surface area contributed by atoms with Crippen molar-refractivity contribution in [1.29, 1.82) is 0 Å². The molecule has 23 heavy (non-hydrogen) atoms. The molecule has 2 N–H and O–H groups in total. The Balaban J connectivity index is 1.80. The first-order valence-electron chi connectivity index (χ1n) is 8.38. The highest BCUT2D eigenvalue weighted by atomic mass is 15.1. The molecule has 0 aliphatic carbocycles. The van der Waals surface area contributed by atoms with Crippen LogP contribution in [0.1, 0.15) is 54.5 Å². The number of pyridine rings is 1. The number of anilines is 1. The molecule has 1 unspecified atom stereocenters. The van der Waals surface area contributed by atoms with E-state index in [-0.39, 0.29) is 6.04 Å². The summed E-state index contributed by atoms with van der Waals surface area (Å²) in [5.41, 5.74) is 3.41. The molecule has 1 saturated heterocycles. The van der Waals surface area contributed by atoms with E-state index in [2.05, 4.69) is 51.6 Å². The number of aromatic nitrogens is 3. The van der Waals surface area contributed by atoms with Crippen molar-refractivity contribution in [2.45, 2.75) is 45.6 Å². The summed E-state index contributed by atoms with van der Waals surface area (Å²) >= 11 is 0. The Morgan fingerprint density at radius 2 is 2.00 bits per heavy atom. The van der Waals surface area contributed by atoms with Gasteiger partial charge in [0.2, 0.25) is 0 Å². The van der Waals surface area contributed by atoms with E-state index in [4.69, 9.17) is 0 Å². The highest BCUT2D eigenvalue weighted by molar-refractivity contribution is 5.40. The maximum Gasteiger partial charge on any atom is 0.130 e. The van der Waals surface area contributed by atoms with Crippen molar-refractivity contribution in [2.75, 3.05) is 18.4 Å². The minimum absolute atomic E-state index is 0.117. The van der Waals surface area contributed by atoms with Crippen LogP contribution in [-0.4, -0.2) is 28.0 Å². The first-order chi connectivity index (χ1) is 11.1. The first kappa shape index (κ1) is 15.9. The predicted molar refractivity (Wildman–Crippen MR) is 92.6 cm³/mol. The number of hydrogen-bond acceptors (Lipinski definition) is 5. The molecule has 0 aromatic carbocycles. The van der Waals surface area contributed by atoms with Gasteiger partial charge in [-0.25, -0.2) is 9.97 Å². The molecule has 3 rings (SSSR count). The lowest BCUT2D eigenvalue weighted by molar-refractivity contribution is 0.452. The summed E-state index contributed by atoms with van der Waals surface area (Å²) in [6.45, 7) is 8.32. The molecule has 122 valence electrons. The minimum atomic E-state index is 0.117. The Morgan fingerprint density at radius 3 is 2.74 bits per heavy atom. The van der Waals surface area contributed by atoms with Crippen LogP contribution in [0.25, 0.3) is 0 Å². The second-order valence-corrected chi connectivity index (χ2v) is 6.32. The third kappa shape index (κ3) is 3.85. The van der Waals surface area contributed by atoms with E-state index in [1.165, 1.54) is 5.56 Å². The zero-order valence-electron chi connectivity index (χ0n) is 14.1. The molecule has 1 aliphatic rings. The first-order valence-corrected chi connectivity index (χ1v) is 8.38. The number of rotatable bonds is 4. The third-order valence-electron chi connectivity index (χ3n) is 4.44. The monoisotopic (exact) mass is 311 g/mol. The fourth-order valence-corrected chi connectivity index (χ4v) is 3.23. The second-order valence-electron chi connectivity index (χ2n) is 6.32. The van der Waals surface area contributed by atoms with Gasteiger partial charge in [-0.2, -0.15) is 0 Å². The van der Waals surface area contributed by atoms with Crippen LogP contribution in [0.4, 0.5) is 5.82 Å². The number of nitrogens with one attached hydrogen (secondary N) is 2. The fraction of sp³-hybridized carbons (Fsp3) is 0.500. The van der Waals surface area contributed by atoms with Gasteiger partial charge in [0.15, 0.2) is 0 Å². The van der Waals surface area contributed by atoms with Crippen LogP contribution in [0.3, 0.4) is 0 Å². The highest BCUT2D eigenvalue weighted by Crippen LogP contribution is 2.26. The lowest BCUT2D eigenvalue weighted by Gasteiger charge is -2.23. The predicted octanol–water partition coefficient (Wildman–Crippen LogP) is 3.13. The van der Waals surface area contributed by atoms with Crippen molar-refractivity contribution < 1.29 is 0 Å². The number of aryl methyl sites for hydroxylation is 2. The van der Waals surface area contributed by atoms with Crippen molar-refractivity contribution in [2.24, 2.45) is 0 Å². The van der Waals surface area contributed by atoms with Gasteiger partial charge in [-0.15, -0.1) is 0 Å². The maximum absolute atomic E-state index is 4.66. The van der Waals surface area contributed by atoms with Gasteiger partial charge in [-0.05, 0) is 58.3 Å². The normalized spacial score (nSPS) is 17.0. The van der Waals surface area contributed by atoms with Crippen LogP contribution in [0.2, 0.25) is 0 Å². The van der Waals surface area contributed by atoms with E-state index in [9.17, 15) is 0 Å². The molecular weight excluding hydrogens is 286 g/mol. The van der Waals surface area contributed by atoms with Gasteiger partial charge in [-0.1, -0.05) is 6.07 Å². The number of nitrogens with zero attached hydrogens (tertiary/aromatic N) is 3. The van der Waals surface area contributed by atoms with E-state index in [1.807, 2.05) is 19.2 Å². The molecule has 5 nitrogen and oxygen atoms in total. The lowest BCUT2D eigenvalue weighted by atomic mass is 9.94. The summed E-state index contributed by atoms with van der Waals surface area (Å²) in [6.07, 6.45) is 4.13. The number of hydrogen-bond donors (Lipinski definition) is 2. The molecule has 5 heteroatoms. The van der Waals surface area contributed by atoms with E-state index in [1.54, 1.807) is 0 Å². The van der Waals surface area contributed by atoms with E-state index in [0.717, 1.165) is 49.0 Å². The van der Waals surface area contributed by atoms with Gasteiger partial charge in [0, 0.05) is 23.9 Å². The SMILES string of the molecule is Cc1nc(NC(C)c2ncccc2C)cc(C2CCNCC2)n1. The largest absolute Gasteiger partial charge is 0.362 e. The van der Waals surface area contributed by atoms with Gasteiger partial charge in [0.05, 0.1) is 11.7 Å². The number of piperidine rings is 1. The molecule has 2 aromatic rings. The van der Waals surface area contributed by atoms with Gasteiger partial charge in [0.25, 0.3) is 0 Å². The molecule has 0 bridgehead atoms. The minimum Gasteiger partial charge on any atom is -0.362 e. The molecule has 0 saturated carbocycles. The van der Waals surface area contributed by atoms with Crippen molar-refractivity contribution in [3.05, 3.63) is 47.2 Å². The summed E-state index contributed by atoms with van der Waals surface area (Å²) in [5.74, 6) is 2.25. The van der Waals surface area contributed by atoms with Gasteiger partial charge < -0.3 is 10.6 Å². The van der Waals surface area contributed by atoms with Crippen LogP contribution in [-0.2, 0) is 0 Å². The Labute approximate surface area is 138 Å². The zero-order valence-corrected chi connectivity index (χ0v) is 14.1. The highest BCUT2D eigenvalue weighted by Gasteiger charge is 2.18. The maximum atomic E-state index is 4.66. The summed E-state index contributed by atoms with van der Waals surface area (Å²) in [4.78, 5) is 13.7. The van der Waals surface area contributed by atoms with Gasteiger partial charge in [-0.3, -0.25) is 4.98 Å². The van der Waals surface area contributed by atoms with Crippen LogP contribution in [0, 0.1) is 13.8 Å².